The van der Waals surface area contributed by atoms with Gasteiger partial charge in [-0.1, -0.05) is 32.1 Å². The van der Waals surface area contributed by atoms with Crippen molar-refractivity contribution in [2.24, 2.45) is 17.7 Å². The van der Waals surface area contributed by atoms with E-state index >= 15 is 0 Å². The van der Waals surface area contributed by atoms with Crippen LogP contribution in [0.1, 0.15) is 38.5 Å². The molecular formula is C11H18F6N2. The third-order valence-corrected chi connectivity index (χ3v) is 3.63. The third-order valence-electron chi connectivity index (χ3n) is 3.63. The summed E-state index contributed by atoms with van der Waals surface area (Å²) in [5.74, 6) is 1.40. The van der Waals surface area contributed by atoms with E-state index in [1.165, 1.54) is 0 Å². The molecule has 0 aromatic rings. The molecular weight excluding hydrogens is 274 g/mol. The Bertz CT molecular complexity index is 255. The maximum absolute atomic E-state index is 12.6. The normalized spacial score (nSPS) is 20.8. The van der Waals surface area contributed by atoms with Crippen molar-refractivity contribution in [2.75, 3.05) is 0 Å². The molecule has 0 aromatic carbocycles. The number of nitrogens with one attached hydrogen (secondary N) is 1. The van der Waals surface area contributed by atoms with Crippen molar-refractivity contribution in [1.82, 2.24) is 5.43 Å². The van der Waals surface area contributed by atoms with Crippen LogP contribution in [0.2, 0.25) is 0 Å². The molecule has 1 unspecified atom stereocenters. The quantitative estimate of drug-likeness (QED) is 0.472. The van der Waals surface area contributed by atoms with Crippen LogP contribution in [0.3, 0.4) is 0 Å². The van der Waals surface area contributed by atoms with E-state index in [4.69, 9.17) is 5.84 Å². The van der Waals surface area contributed by atoms with Crippen LogP contribution < -0.4 is 11.3 Å². The van der Waals surface area contributed by atoms with Crippen LogP contribution >= 0.6 is 0 Å². The van der Waals surface area contributed by atoms with Crippen LogP contribution in [-0.2, 0) is 0 Å². The van der Waals surface area contributed by atoms with E-state index in [0.717, 1.165) is 19.3 Å². The molecule has 0 heterocycles. The zero-order valence-corrected chi connectivity index (χ0v) is 10.3. The maximum Gasteiger partial charge on any atom is 0.402 e. The number of halogens is 6. The summed E-state index contributed by atoms with van der Waals surface area (Å²) in [6, 6.07) is -1.82. The van der Waals surface area contributed by atoms with Crippen LogP contribution in [0.5, 0.6) is 0 Å². The molecule has 19 heavy (non-hydrogen) atoms. The molecule has 0 radical (unpaired) electrons. The molecule has 8 heteroatoms. The van der Waals surface area contributed by atoms with Crippen molar-refractivity contribution in [3.05, 3.63) is 0 Å². The van der Waals surface area contributed by atoms with E-state index in [0.29, 0.717) is 12.8 Å². The lowest BCUT2D eigenvalue weighted by Crippen LogP contribution is -2.53. The Morgan fingerprint density at radius 2 is 1.42 bits per heavy atom. The molecule has 1 fully saturated rings. The van der Waals surface area contributed by atoms with E-state index in [1.54, 1.807) is 5.43 Å². The second kappa shape index (κ2) is 6.30. The van der Waals surface area contributed by atoms with Gasteiger partial charge < -0.3 is 0 Å². The highest BCUT2D eigenvalue weighted by Gasteiger charge is 2.60. The van der Waals surface area contributed by atoms with Crippen LogP contribution in [0.4, 0.5) is 26.3 Å². The average Bonchev–Trinajstić information content (AvgIpc) is 2.25. The highest BCUT2D eigenvalue weighted by Crippen LogP contribution is 2.43. The Balaban J connectivity index is 2.78. The summed E-state index contributed by atoms with van der Waals surface area (Å²) < 4.78 is 75.6. The van der Waals surface area contributed by atoms with Gasteiger partial charge in [0.25, 0.3) is 0 Å². The number of hydrazine groups is 1. The minimum absolute atomic E-state index is 0.123. The van der Waals surface area contributed by atoms with E-state index in [-0.39, 0.29) is 12.3 Å². The topological polar surface area (TPSA) is 38.0 Å². The fourth-order valence-electron chi connectivity index (χ4n) is 2.72. The summed E-state index contributed by atoms with van der Waals surface area (Å²) >= 11 is 0. The second-order valence-corrected chi connectivity index (χ2v) is 5.07. The smallest absolute Gasteiger partial charge is 0.271 e. The lowest BCUT2D eigenvalue weighted by molar-refractivity contribution is -0.292. The highest BCUT2D eigenvalue weighted by atomic mass is 19.4. The van der Waals surface area contributed by atoms with Gasteiger partial charge in [0.15, 0.2) is 5.92 Å². The molecule has 0 bridgehead atoms. The summed E-state index contributed by atoms with van der Waals surface area (Å²) in [7, 11) is 0. The summed E-state index contributed by atoms with van der Waals surface area (Å²) in [6.45, 7) is 0. The van der Waals surface area contributed by atoms with Gasteiger partial charge in [0.2, 0.25) is 0 Å². The molecule has 0 spiro atoms. The summed E-state index contributed by atoms with van der Waals surface area (Å²) in [5, 5.41) is 0. The zero-order chi connectivity index (χ0) is 14.7. The zero-order valence-electron chi connectivity index (χ0n) is 10.3. The van der Waals surface area contributed by atoms with Gasteiger partial charge >= 0.3 is 12.4 Å². The Kier molecular flexibility index (Phi) is 5.49. The fraction of sp³-hybridized carbons (Fsp3) is 1.00. The summed E-state index contributed by atoms with van der Waals surface area (Å²) in [5.41, 5.74) is 1.72. The van der Waals surface area contributed by atoms with Crippen molar-refractivity contribution in [3.63, 3.8) is 0 Å². The van der Waals surface area contributed by atoms with Crippen LogP contribution in [0.15, 0.2) is 0 Å². The molecule has 1 saturated carbocycles. The molecule has 1 aliphatic carbocycles. The SMILES string of the molecule is NNC(CC1CCCCC1)C(C(F)(F)F)C(F)(F)F. The molecule has 0 saturated heterocycles. The first-order valence-electron chi connectivity index (χ1n) is 6.25. The molecule has 114 valence electrons. The second-order valence-electron chi connectivity index (χ2n) is 5.07. The Morgan fingerprint density at radius 1 is 0.947 bits per heavy atom. The molecule has 1 aliphatic rings. The first-order valence-corrected chi connectivity index (χ1v) is 6.25. The lowest BCUT2D eigenvalue weighted by Gasteiger charge is -2.33. The van der Waals surface area contributed by atoms with E-state index in [2.05, 4.69) is 0 Å². The minimum atomic E-state index is -5.34. The number of nitrogens with two attached hydrogens (primary N) is 1. The standard InChI is InChI=1S/C11H18F6N2/c12-10(13,14)9(11(15,16)17)8(19-18)6-7-4-2-1-3-5-7/h7-9,19H,1-6,18H2. The Hall–Kier alpha value is -0.500. The maximum atomic E-state index is 12.6. The summed E-state index contributed by atoms with van der Waals surface area (Å²) in [4.78, 5) is 0. The van der Waals surface area contributed by atoms with Crippen molar-refractivity contribution in [2.45, 2.75) is 56.9 Å². The van der Waals surface area contributed by atoms with E-state index in [1.807, 2.05) is 0 Å². The summed E-state index contributed by atoms with van der Waals surface area (Å²) in [6.07, 6.45) is -6.86. The molecule has 2 nitrogen and oxygen atoms in total. The Labute approximate surface area is 107 Å². The van der Waals surface area contributed by atoms with Gasteiger partial charge in [0, 0.05) is 6.04 Å². The van der Waals surface area contributed by atoms with Crippen LogP contribution in [-0.4, -0.2) is 18.4 Å². The van der Waals surface area contributed by atoms with Crippen LogP contribution in [0.25, 0.3) is 0 Å². The van der Waals surface area contributed by atoms with Gasteiger partial charge in [-0.25, -0.2) is 0 Å². The van der Waals surface area contributed by atoms with Gasteiger partial charge in [0.1, 0.15) is 0 Å². The Morgan fingerprint density at radius 3 is 1.79 bits per heavy atom. The average molecular weight is 292 g/mol. The van der Waals surface area contributed by atoms with Gasteiger partial charge in [-0.2, -0.15) is 26.3 Å². The third kappa shape index (κ3) is 4.83. The van der Waals surface area contributed by atoms with Crippen molar-refractivity contribution in [3.8, 4) is 0 Å². The van der Waals surface area contributed by atoms with E-state index in [9.17, 15) is 26.3 Å². The predicted octanol–water partition coefficient (Wildman–Crippen LogP) is 3.53. The van der Waals surface area contributed by atoms with Gasteiger partial charge in [-0.3, -0.25) is 11.3 Å². The first kappa shape index (κ1) is 16.6. The van der Waals surface area contributed by atoms with Gasteiger partial charge in [-0.05, 0) is 12.3 Å². The molecule has 0 aromatic heterocycles. The van der Waals surface area contributed by atoms with Crippen molar-refractivity contribution >= 4 is 0 Å². The van der Waals surface area contributed by atoms with Crippen molar-refractivity contribution in [1.29, 1.82) is 0 Å². The first-order chi connectivity index (χ1) is 8.66. The van der Waals surface area contributed by atoms with Gasteiger partial charge in [-0.15, -0.1) is 0 Å². The van der Waals surface area contributed by atoms with E-state index < -0.39 is 24.3 Å². The number of hydrogen-bond donors (Lipinski definition) is 2. The number of hydrogen-bond acceptors (Lipinski definition) is 2. The molecule has 3 N–H and O–H groups in total. The molecule has 0 amide bonds. The van der Waals surface area contributed by atoms with Crippen LogP contribution in [0, 0.1) is 11.8 Å². The fourth-order valence-corrected chi connectivity index (χ4v) is 2.72. The van der Waals surface area contributed by atoms with Crippen molar-refractivity contribution < 1.29 is 26.3 Å². The molecule has 1 rings (SSSR count). The largest absolute Gasteiger partial charge is 0.402 e. The minimum Gasteiger partial charge on any atom is -0.271 e. The molecule has 0 aliphatic heterocycles. The number of rotatable bonds is 4. The monoisotopic (exact) mass is 292 g/mol. The predicted molar refractivity (Wildman–Crippen MR) is 57.9 cm³/mol. The highest BCUT2D eigenvalue weighted by molar-refractivity contribution is 4.88. The number of alkyl halides is 6. The lowest BCUT2D eigenvalue weighted by atomic mass is 9.81. The molecule has 1 atom stereocenters. The van der Waals surface area contributed by atoms with Gasteiger partial charge in [0.05, 0.1) is 0 Å².